The third kappa shape index (κ3) is 4.00. The Morgan fingerprint density at radius 3 is 2.52 bits per heavy atom. The molecule has 1 heterocycles. The molecule has 23 heavy (non-hydrogen) atoms. The predicted molar refractivity (Wildman–Crippen MR) is 85.1 cm³/mol. The van der Waals surface area contributed by atoms with Crippen LogP contribution in [0.15, 0.2) is 42.5 Å². The molecule has 0 radical (unpaired) electrons. The highest BCUT2D eigenvalue weighted by Gasteiger charge is 2.14. The van der Waals surface area contributed by atoms with Gasteiger partial charge in [-0.2, -0.15) is 0 Å². The van der Waals surface area contributed by atoms with Crippen LogP contribution in [0.1, 0.15) is 17.2 Å². The molecule has 1 aliphatic heterocycles. The van der Waals surface area contributed by atoms with Crippen LogP contribution in [-0.4, -0.2) is 36.8 Å². The highest BCUT2D eigenvalue weighted by Crippen LogP contribution is 2.31. The van der Waals surface area contributed by atoms with Gasteiger partial charge in [-0.25, -0.2) is 4.39 Å². The van der Waals surface area contributed by atoms with Crippen LogP contribution in [0.2, 0.25) is 0 Å². The van der Waals surface area contributed by atoms with Gasteiger partial charge in [0.05, 0.1) is 6.10 Å². The molecule has 122 valence electrons. The molecule has 0 fully saturated rings. The van der Waals surface area contributed by atoms with Crippen LogP contribution in [0.25, 0.3) is 0 Å². The summed E-state index contributed by atoms with van der Waals surface area (Å²) in [6.07, 6.45) is -0.655. The van der Waals surface area contributed by atoms with E-state index < -0.39 is 6.10 Å². The number of nitrogens with zero attached hydrogens (tertiary/aromatic N) is 1. The van der Waals surface area contributed by atoms with Gasteiger partial charge in [0.1, 0.15) is 19.0 Å². The minimum Gasteiger partial charge on any atom is -0.486 e. The molecule has 2 aromatic rings. The van der Waals surface area contributed by atoms with E-state index in [2.05, 4.69) is 0 Å². The summed E-state index contributed by atoms with van der Waals surface area (Å²) in [4.78, 5) is 2.01. The highest BCUT2D eigenvalue weighted by molar-refractivity contribution is 5.43. The lowest BCUT2D eigenvalue weighted by atomic mass is 10.1. The summed E-state index contributed by atoms with van der Waals surface area (Å²) in [5.74, 6) is 1.24. The third-order valence-electron chi connectivity index (χ3n) is 3.80. The Balaban J connectivity index is 1.60. The first-order chi connectivity index (χ1) is 11.1. The number of aliphatic hydroxyl groups excluding tert-OH is 1. The van der Waals surface area contributed by atoms with E-state index in [4.69, 9.17) is 9.47 Å². The van der Waals surface area contributed by atoms with E-state index in [-0.39, 0.29) is 5.82 Å². The number of ether oxygens (including phenoxy) is 2. The molecule has 0 aliphatic carbocycles. The molecule has 0 unspecified atom stereocenters. The van der Waals surface area contributed by atoms with Crippen LogP contribution in [0, 0.1) is 5.82 Å². The molecule has 0 saturated carbocycles. The van der Waals surface area contributed by atoms with Crippen molar-refractivity contribution in [3.63, 3.8) is 0 Å². The fourth-order valence-electron chi connectivity index (χ4n) is 2.65. The van der Waals surface area contributed by atoms with Gasteiger partial charge < -0.3 is 14.6 Å². The summed E-state index contributed by atoms with van der Waals surface area (Å²) in [7, 11) is 1.93. The molecular formula is C18H20FNO3. The Hall–Kier alpha value is -2.11. The Morgan fingerprint density at radius 1 is 1.09 bits per heavy atom. The number of fused-ring (bicyclic) bond motifs is 1. The van der Waals surface area contributed by atoms with E-state index in [0.717, 1.165) is 17.1 Å². The SMILES string of the molecule is CN(Cc1ccc2c(c1)OCCO2)C[C@@H](O)c1ccc(F)cc1. The Kier molecular flexibility index (Phi) is 4.79. The fourth-order valence-corrected chi connectivity index (χ4v) is 2.65. The number of rotatable bonds is 5. The first-order valence-electron chi connectivity index (χ1n) is 7.62. The maximum absolute atomic E-state index is 12.9. The average Bonchev–Trinajstić information content (AvgIpc) is 2.55. The molecule has 2 aromatic carbocycles. The van der Waals surface area contributed by atoms with Gasteiger partial charge in [0.2, 0.25) is 0 Å². The van der Waals surface area contributed by atoms with E-state index in [1.54, 1.807) is 12.1 Å². The molecular weight excluding hydrogens is 297 g/mol. The zero-order valence-corrected chi connectivity index (χ0v) is 13.0. The van der Waals surface area contributed by atoms with Crippen molar-refractivity contribution in [2.24, 2.45) is 0 Å². The van der Waals surface area contributed by atoms with Crippen molar-refractivity contribution in [3.05, 3.63) is 59.4 Å². The number of hydrogen-bond donors (Lipinski definition) is 1. The van der Waals surface area contributed by atoms with Crippen LogP contribution in [-0.2, 0) is 6.54 Å². The number of aliphatic hydroxyl groups is 1. The molecule has 0 amide bonds. The Labute approximate surface area is 135 Å². The Morgan fingerprint density at radius 2 is 1.78 bits per heavy atom. The van der Waals surface area contributed by atoms with Gasteiger partial charge in [-0.05, 0) is 42.4 Å². The summed E-state index contributed by atoms with van der Waals surface area (Å²) in [6, 6.07) is 11.8. The van der Waals surface area contributed by atoms with Crippen molar-refractivity contribution >= 4 is 0 Å². The normalized spacial score (nSPS) is 14.8. The molecule has 3 rings (SSSR count). The summed E-state index contributed by atoms with van der Waals surface area (Å²) < 4.78 is 24.0. The summed E-state index contributed by atoms with van der Waals surface area (Å²) >= 11 is 0. The number of halogens is 1. The van der Waals surface area contributed by atoms with Gasteiger partial charge in [-0.3, -0.25) is 4.90 Å². The van der Waals surface area contributed by atoms with Crippen molar-refractivity contribution in [2.75, 3.05) is 26.8 Å². The summed E-state index contributed by atoms with van der Waals surface area (Å²) in [5, 5.41) is 10.2. The van der Waals surface area contributed by atoms with Gasteiger partial charge in [0.25, 0.3) is 0 Å². The second-order valence-electron chi connectivity index (χ2n) is 5.74. The molecule has 0 aromatic heterocycles. The van der Waals surface area contributed by atoms with Crippen LogP contribution >= 0.6 is 0 Å². The quantitative estimate of drug-likeness (QED) is 0.921. The lowest BCUT2D eigenvalue weighted by Crippen LogP contribution is -2.24. The zero-order chi connectivity index (χ0) is 16.2. The monoisotopic (exact) mass is 317 g/mol. The lowest BCUT2D eigenvalue weighted by molar-refractivity contribution is 0.123. The predicted octanol–water partition coefficient (Wildman–Crippen LogP) is 2.76. The molecule has 4 nitrogen and oxygen atoms in total. The molecule has 5 heteroatoms. The minimum absolute atomic E-state index is 0.300. The number of likely N-dealkylation sites (N-methyl/N-ethyl adjacent to an activating group) is 1. The molecule has 1 aliphatic rings. The lowest BCUT2D eigenvalue weighted by Gasteiger charge is -2.23. The zero-order valence-electron chi connectivity index (χ0n) is 13.0. The van der Waals surface area contributed by atoms with Crippen LogP contribution < -0.4 is 9.47 Å². The summed E-state index contributed by atoms with van der Waals surface area (Å²) in [5.41, 5.74) is 1.79. The van der Waals surface area contributed by atoms with E-state index in [1.165, 1.54) is 12.1 Å². The minimum atomic E-state index is -0.655. The van der Waals surface area contributed by atoms with Gasteiger partial charge in [0, 0.05) is 13.1 Å². The van der Waals surface area contributed by atoms with Gasteiger partial charge in [-0.1, -0.05) is 18.2 Å². The van der Waals surface area contributed by atoms with E-state index in [1.807, 2.05) is 30.1 Å². The van der Waals surface area contributed by atoms with Gasteiger partial charge in [0.15, 0.2) is 11.5 Å². The Bertz CT molecular complexity index is 660. The van der Waals surface area contributed by atoms with E-state index in [9.17, 15) is 9.50 Å². The van der Waals surface area contributed by atoms with Crippen molar-refractivity contribution in [1.29, 1.82) is 0 Å². The van der Waals surface area contributed by atoms with Crippen molar-refractivity contribution < 1.29 is 19.0 Å². The molecule has 0 bridgehead atoms. The van der Waals surface area contributed by atoms with Gasteiger partial charge in [-0.15, -0.1) is 0 Å². The van der Waals surface area contributed by atoms with Crippen LogP contribution in [0.3, 0.4) is 0 Å². The van der Waals surface area contributed by atoms with E-state index in [0.29, 0.717) is 31.9 Å². The number of hydrogen-bond acceptors (Lipinski definition) is 4. The fraction of sp³-hybridized carbons (Fsp3) is 0.333. The van der Waals surface area contributed by atoms with Crippen molar-refractivity contribution in [3.8, 4) is 11.5 Å². The second-order valence-corrected chi connectivity index (χ2v) is 5.74. The maximum atomic E-state index is 12.9. The maximum Gasteiger partial charge on any atom is 0.161 e. The summed E-state index contributed by atoms with van der Waals surface area (Å²) in [6.45, 7) is 2.28. The first kappa shape index (κ1) is 15.8. The molecule has 1 N–H and O–H groups in total. The topological polar surface area (TPSA) is 41.9 Å². The average molecular weight is 317 g/mol. The van der Waals surface area contributed by atoms with E-state index >= 15 is 0 Å². The third-order valence-corrected chi connectivity index (χ3v) is 3.80. The van der Waals surface area contributed by atoms with Gasteiger partial charge >= 0.3 is 0 Å². The smallest absolute Gasteiger partial charge is 0.161 e. The second kappa shape index (κ2) is 6.98. The van der Waals surface area contributed by atoms with Crippen LogP contribution in [0.4, 0.5) is 4.39 Å². The molecule has 0 saturated heterocycles. The highest BCUT2D eigenvalue weighted by atomic mass is 19.1. The largest absolute Gasteiger partial charge is 0.486 e. The standard InChI is InChI=1S/C18H20FNO3/c1-20(12-16(21)14-3-5-15(19)6-4-14)11-13-2-7-17-18(10-13)23-9-8-22-17/h2-7,10,16,21H,8-9,11-12H2,1H3/t16-/m1/s1. The number of benzene rings is 2. The van der Waals surface area contributed by atoms with Crippen molar-refractivity contribution in [2.45, 2.75) is 12.6 Å². The van der Waals surface area contributed by atoms with Crippen molar-refractivity contribution in [1.82, 2.24) is 4.90 Å². The molecule has 0 spiro atoms. The first-order valence-corrected chi connectivity index (χ1v) is 7.62. The molecule has 1 atom stereocenters. The van der Waals surface area contributed by atoms with Crippen LogP contribution in [0.5, 0.6) is 11.5 Å².